The zero-order chi connectivity index (χ0) is 36.2. The molecule has 6 aromatic rings. The molecule has 4 aromatic carbocycles. The van der Waals surface area contributed by atoms with Crippen LogP contribution in [-0.4, -0.2) is 18.0 Å². The van der Waals surface area contributed by atoms with Crippen LogP contribution in [0.2, 0.25) is 19.6 Å². The SMILES string of the molecule is [2H]C(C)(c1ccccc1)c1cc[c-]c(-c2ccc([Si](C)(C)C)cn2)c1.[2H]C([2H])(c1ccnc(-c2[c-]cc(-c3ccccc3)cc2)c1)C(C)(C)C.[Ir]. The summed E-state index contributed by atoms with van der Waals surface area (Å²) in [6.45, 7) is 14.6. The van der Waals surface area contributed by atoms with E-state index in [0.717, 1.165) is 44.8 Å². The molecule has 4 heteroatoms. The van der Waals surface area contributed by atoms with Crippen molar-refractivity contribution in [3.8, 4) is 33.6 Å². The van der Waals surface area contributed by atoms with Gasteiger partial charge in [0.05, 0.1) is 8.07 Å². The van der Waals surface area contributed by atoms with Gasteiger partial charge >= 0.3 is 0 Å². The maximum Gasteiger partial charge on any atom is 0.0795 e. The number of aromatic nitrogens is 2. The number of hydrogen-bond acceptors (Lipinski definition) is 2. The van der Waals surface area contributed by atoms with Crippen molar-refractivity contribution in [1.82, 2.24) is 9.97 Å². The number of nitrogens with zero attached hydrogens (tertiary/aromatic N) is 2. The molecule has 0 aliphatic carbocycles. The van der Waals surface area contributed by atoms with E-state index in [-0.39, 0.29) is 20.1 Å². The van der Waals surface area contributed by atoms with Crippen LogP contribution in [0.15, 0.2) is 134 Å². The van der Waals surface area contributed by atoms with Gasteiger partial charge in [-0.3, -0.25) is 0 Å². The maximum absolute atomic E-state index is 8.85. The molecule has 247 valence electrons. The van der Waals surface area contributed by atoms with E-state index < -0.39 is 25.8 Å². The number of benzene rings is 4. The molecule has 0 fully saturated rings. The van der Waals surface area contributed by atoms with Crippen molar-refractivity contribution in [1.29, 1.82) is 0 Å². The Hall–Kier alpha value is -3.95. The maximum atomic E-state index is 8.85. The molecule has 0 aliphatic heterocycles. The van der Waals surface area contributed by atoms with Crippen molar-refractivity contribution in [2.75, 3.05) is 0 Å². The largest absolute Gasteiger partial charge is 0.305 e. The molecule has 2 nitrogen and oxygen atoms in total. The van der Waals surface area contributed by atoms with Gasteiger partial charge < -0.3 is 9.97 Å². The van der Waals surface area contributed by atoms with Crippen LogP contribution in [0.5, 0.6) is 0 Å². The molecule has 1 unspecified atom stereocenters. The fraction of sp³-hybridized carbons (Fsp3) is 0.227. The second-order valence-corrected chi connectivity index (χ2v) is 18.9. The van der Waals surface area contributed by atoms with Crippen molar-refractivity contribution in [3.63, 3.8) is 0 Å². The Morgan fingerprint density at radius 1 is 0.729 bits per heavy atom. The van der Waals surface area contributed by atoms with E-state index >= 15 is 0 Å². The summed E-state index contributed by atoms with van der Waals surface area (Å²) in [6.07, 6.45) is 2.24. The van der Waals surface area contributed by atoms with Gasteiger partial charge in [0, 0.05) is 36.6 Å². The van der Waals surface area contributed by atoms with Crippen molar-refractivity contribution < 1.29 is 24.2 Å². The van der Waals surface area contributed by atoms with Gasteiger partial charge in [0.15, 0.2) is 0 Å². The first-order chi connectivity index (χ1) is 23.6. The Balaban J connectivity index is 0.000000224. The Labute approximate surface area is 307 Å². The summed E-state index contributed by atoms with van der Waals surface area (Å²) in [5.41, 5.74) is 7.79. The smallest absolute Gasteiger partial charge is 0.0795 e. The normalized spacial score (nSPS) is 13.8. The van der Waals surface area contributed by atoms with E-state index in [1.807, 2.05) is 125 Å². The summed E-state index contributed by atoms with van der Waals surface area (Å²) in [7, 11) is -1.34. The van der Waals surface area contributed by atoms with Gasteiger partial charge in [-0.1, -0.05) is 143 Å². The van der Waals surface area contributed by atoms with Crippen LogP contribution in [0.1, 0.15) is 54.4 Å². The Bertz CT molecular complexity index is 2000. The fourth-order valence-electron chi connectivity index (χ4n) is 5.18. The molecule has 6 rings (SSSR count). The molecule has 0 saturated carbocycles. The first-order valence-electron chi connectivity index (χ1n) is 17.7. The van der Waals surface area contributed by atoms with Crippen LogP contribution in [0, 0.1) is 17.5 Å². The van der Waals surface area contributed by atoms with Gasteiger partial charge in [0.25, 0.3) is 0 Å². The average molecular weight is 826 g/mol. The number of pyridine rings is 2. The monoisotopic (exact) mass is 826 g/mol. The van der Waals surface area contributed by atoms with E-state index in [1.165, 1.54) is 5.19 Å². The van der Waals surface area contributed by atoms with Crippen LogP contribution in [0.3, 0.4) is 0 Å². The molecule has 0 amide bonds. The van der Waals surface area contributed by atoms with E-state index in [1.54, 1.807) is 12.3 Å². The predicted molar refractivity (Wildman–Crippen MR) is 203 cm³/mol. The van der Waals surface area contributed by atoms with E-state index in [4.69, 9.17) is 4.11 Å². The van der Waals surface area contributed by atoms with Crippen molar-refractivity contribution in [2.45, 2.75) is 59.6 Å². The third kappa shape index (κ3) is 10.3. The summed E-state index contributed by atoms with van der Waals surface area (Å²) in [5.74, 6) is -0.802. The van der Waals surface area contributed by atoms with Crippen molar-refractivity contribution >= 4 is 13.3 Å². The summed E-state index contributed by atoms with van der Waals surface area (Å²) in [4.78, 5) is 9.06. The second kappa shape index (κ2) is 16.4. The molecule has 0 bridgehead atoms. The van der Waals surface area contributed by atoms with Crippen LogP contribution >= 0.6 is 0 Å². The molecule has 2 heterocycles. The van der Waals surface area contributed by atoms with Crippen LogP contribution in [0.4, 0.5) is 0 Å². The molecule has 2 aromatic heterocycles. The quantitative estimate of drug-likeness (QED) is 0.118. The summed E-state index contributed by atoms with van der Waals surface area (Å²) >= 11 is 0. The molecule has 1 radical (unpaired) electrons. The molecule has 0 aliphatic rings. The minimum Gasteiger partial charge on any atom is -0.305 e. The van der Waals surface area contributed by atoms with Gasteiger partial charge in [-0.15, -0.1) is 65.2 Å². The van der Waals surface area contributed by atoms with E-state index in [2.05, 4.69) is 66.0 Å². The topological polar surface area (TPSA) is 25.8 Å². The predicted octanol–water partition coefficient (Wildman–Crippen LogP) is 11.0. The summed E-state index contributed by atoms with van der Waals surface area (Å²) in [6, 6.07) is 46.4. The molecular weight excluding hydrogens is 777 g/mol. The van der Waals surface area contributed by atoms with E-state index in [9.17, 15) is 0 Å². The average Bonchev–Trinajstić information content (AvgIpc) is 3.12. The van der Waals surface area contributed by atoms with Crippen molar-refractivity contribution in [3.05, 3.63) is 163 Å². The minimum absolute atomic E-state index is 0. The molecule has 0 spiro atoms. The second-order valence-electron chi connectivity index (χ2n) is 13.8. The van der Waals surface area contributed by atoms with Gasteiger partial charge in [-0.05, 0) is 45.9 Å². The molecule has 48 heavy (non-hydrogen) atoms. The minimum atomic E-state index is -1.44. The van der Waals surface area contributed by atoms with E-state index in [0.29, 0.717) is 5.56 Å². The Morgan fingerprint density at radius 3 is 2.04 bits per heavy atom. The van der Waals surface area contributed by atoms with Crippen molar-refractivity contribution in [2.24, 2.45) is 5.41 Å². The third-order valence-corrected chi connectivity index (χ3v) is 9.85. The van der Waals surface area contributed by atoms with Gasteiger partial charge in [0.1, 0.15) is 0 Å². The first kappa shape index (κ1) is 32.6. The third-order valence-electron chi connectivity index (χ3n) is 7.82. The molecular formula is C44H46IrN2Si-2. The van der Waals surface area contributed by atoms with Crippen LogP contribution in [-0.2, 0) is 26.5 Å². The summed E-state index contributed by atoms with van der Waals surface area (Å²) in [5, 5.41) is 1.35. The molecule has 1 atom stereocenters. The Kier molecular flexibility index (Phi) is 11.2. The number of rotatable bonds is 7. The van der Waals surface area contributed by atoms with Gasteiger partial charge in [-0.25, -0.2) is 0 Å². The number of hydrogen-bond donors (Lipinski definition) is 0. The zero-order valence-corrected chi connectivity index (χ0v) is 32.3. The van der Waals surface area contributed by atoms with Gasteiger partial charge in [-0.2, -0.15) is 0 Å². The Morgan fingerprint density at radius 2 is 1.44 bits per heavy atom. The zero-order valence-electron chi connectivity index (χ0n) is 31.9. The first-order valence-corrected chi connectivity index (χ1v) is 19.7. The standard InChI is InChI=1S/C22H24NSi.C22H22N.Ir/c1-17(18-9-6-5-7-10-18)19-11-8-12-20(15-19)22-14-13-21(16-23-22)24(2,3)4;1-22(2,3)16-17-13-14-23-21(15-17)20-11-9-19(10-12-20)18-7-5-4-6-8-18;/h5-11,13-17H,1-4H3;4-11,13-15H,16H2,1-3H3;/q2*-1;/i17D;16D2;. The van der Waals surface area contributed by atoms with Gasteiger partial charge in [0.2, 0.25) is 0 Å². The molecule has 0 N–H and O–H groups in total. The van der Waals surface area contributed by atoms with Crippen LogP contribution in [0.25, 0.3) is 33.6 Å². The van der Waals surface area contributed by atoms with Crippen LogP contribution < -0.4 is 5.19 Å². The fourth-order valence-corrected chi connectivity index (χ4v) is 6.22. The molecule has 0 saturated heterocycles. The summed E-state index contributed by atoms with van der Waals surface area (Å²) < 4.78 is 25.8.